The van der Waals surface area contributed by atoms with Gasteiger partial charge in [-0.3, -0.25) is 9.52 Å². The highest BCUT2D eigenvalue weighted by Crippen LogP contribution is 2.24. The standard InChI is InChI=1S/C23H26N4O3S/c1-17-3-8-22(15-18(17)2)31(29,30)25-20-6-4-19(5-7-20)23(28)26-12-9-21(10-13-26)27-14-11-24-16-27/h3-8,11,14-16,21,25H,9-10,12-13H2,1-2H3. The number of aryl methyl sites for hydroxylation is 2. The molecule has 1 saturated heterocycles. The van der Waals surface area contributed by atoms with Crippen molar-refractivity contribution in [1.29, 1.82) is 0 Å². The zero-order valence-electron chi connectivity index (χ0n) is 17.7. The number of imidazole rings is 1. The first-order chi connectivity index (χ1) is 14.8. The molecule has 1 aromatic heterocycles. The first-order valence-corrected chi connectivity index (χ1v) is 11.8. The van der Waals surface area contributed by atoms with Crippen molar-refractivity contribution in [2.45, 2.75) is 37.6 Å². The first kappa shape index (κ1) is 21.1. The molecule has 1 N–H and O–H groups in total. The number of likely N-dealkylation sites (tertiary alicyclic amines) is 1. The van der Waals surface area contributed by atoms with Crippen LogP contribution in [-0.2, 0) is 10.0 Å². The number of carbonyl (C=O) groups excluding carboxylic acids is 1. The molecule has 2 aromatic carbocycles. The van der Waals surface area contributed by atoms with Crippen LogP contribution in [0, 0.1) is 13.8 Å². The van der Waals surface area contributed by atoms with Crippen molar-refractivity contribution in [3.05, 3.63) is 77.9 Å². The summed E-state index contributed by atoms with van der Waals surface area (Å²) in [7, 11) is -3.69. The van der Waals surface area contributed by atoms with Crippen LogP contribution in [-0.4, -0.2) is 41.9 Å². The Bertz CT molecular complexity index is 1160. The lowest BCUT2D eigenvalue weighted by Crippen LogP contribution is -2.38. The predicted octanol–water partition coefficient (Wildman–Crippen LogP) is 3.78. The first-order valence-electron chi connectivity index (χ1n) is 10.3. The second-order valence-electron chi connectivity index (χ2n) is 7.96. The topological polar surface area (TPSA) is 84.3 Å². The minimum atomic E-state index is -3.69. The summed E-state index contributed by atoms with van der Waals surface area (Å²) in [6.45, 7) is 5.19. The van der Waals surface area contributed by atoms with Crippen LogP contribution in [0.3, 0.4) is 0 Å². The molecule has 7 nitrogen and oxygen atoms in total. The predicted molar refractivity (Wildman–Crippen MR) is 120 cm³/mol. The Kier molecular flexibility index (Phi) is 5.82. The van der Waals surface area contributed by atoms with Crippen LogP contribution in [0.25, 0.3) is 0 Å². The number of anilines is 1. The van der Waals surface area contributed by atoms with E-state index in [-0.39, 0.29) is 10.8 Å². The third-order valence-corrected chi connectivity index (χ3v) is 7.25. The van der Waals surface area contributed by atoms with Gasteiger partial charge in [0.25, 0.3) is 15.9 Å². The van der Waals surface area contributed by atoms with Crippen LogP contribution < -0.4 is 4.72 Å². The Morgan fingerprint density at radius 2 is 1.74 bits per heavy atom. The van der Waals surface area contributed by atoms with Gasteiger partial charge < -0.3 is 9.47 Å². The lowest BCUT2D eigenvalue weighted by atomic mass is 10.0. The molecule has 31 heavy (non-hydrogen) atoms. The number of hydrogen-bond acceptors (Lipinski definition) is 4. The van der Waals surface area contributed by atoms with Gasteiger partial charge in [-0.1, -0.05) is 6.07 Å². The fourth-order valence-corrected chi connectivity index (χ4v) is 4.95. The maximum Gasteiger partial charge on any atom is 0.261 e. The minimum Gasteiger partial charge on any atom is -0.338 e. The summed E-state index contributed by atoms with van der Waals surface area (Å²) in [5.41, 5.74) is 2.93. The molecule has 1 aliphatic rings. The summed E-state index contributed by atoms with van der Waals surface area (Å²) in [6.07, 6.45) is 7.32. The third-order valence-electron chi connectivity index (χ3n) is 5.87. The number of carbonyl (C=O) groups is 1. The van der Waals surface area contributed by atoms with Gasteiger partial charge in [-0.25, -0.2) is 13.4 Å². The van der Waals surface area contributed by atoms with E-state index in [4.69, 9.17) is 0 Å². The number of aromatic nitrogens is 2. The van der Waals surface area contributed by atoms with Gasteiger partial charge in [0.15, 0.2) is 0 Å². The molecule has 3 aromatic rings. The van der Waals surface area contributed by atoms with E-state index in [0.29, 0.717) is 30.4 Å². The van der Waals surface area contributed by atoms with Crippen LogP contribution in [0.5, 0.6) is 0 Å². The van der Waals surface area contributed by atoms with Crippen LogP contribution in [0.15, 0.2) is 66.1 Å². The van der Waals surface area contributed by atoms with Crippen LogP contribution in [0.4, 0.5) is 5.69 Å². The van der Waals surface area contributed by atoms with Crippen molar-refractivity contribution in [1.82, 2.24) is 14.5 Å². The van der Waals surface area contributed by atoms with Gasteiger partial charge >= 0.3 is 0 Å². The molecule has 0 unspecified atom stereocenters. The molecular weight excluding hydrogens is 412 g/mol. The SMILES string of the molecule is Cc1ccc(S(=O)(=O)Nc2ccc(C(=O)N3CCC(n4ccnc4)CC3)cc2)cc1C. The normalized spacial score (nSPS) is 15.1. The van der Waals surface area contributed by atoms with E-state index < -0.39 is 10.0 Å². The van der Waals surface area contributed by atoms with Crippen LogP contribution >= 0.6 is 0 Å². The number of piperidine rings is 1. The van der Waals surface area contributed by atoms with Gasteiger partial charge in [-0.15, -0.1) is 0 Å². The molecular formula is C23H26N4O3S. The number of benzene rings is 2. The van der Waals surface area contributed by atoms with Crippen molar-refractivity contribution in [2.24, 2.45) is 0 Å². The van der Waals surface area contributed by atoms with E-state index in [9.17, 15) is 13.2 Å². The molecule has 0 aliphatic carbocycles. The average molecular weight is 439 g/mol. The summed E-state index contributed by atoms with van der Waals surface area (Å²) in [5, 5.41) is 0. The van der Waals surface area contributed by atoms with E-state index in [1.807, 2.05) is 31.3 Å². The van der Waals surface area contributed by atoms with Gasteiger partial charge in [-0.2, -0.15) is 0 Å². The Morgan fingerprint density at radius 3 is 2.35 bits per heavy atom. The van der Waals surface area contributed by atoms with Gasteiger partial charge in [0.2, 0.25) is 0 Å². The van der Waals surface area contributed by atoms with E-state index in [0.717, 1.165) is 24.0 Å². The van der Waals surface area contributed by atoms with Crippen molar-refractivity contribution in [3.63, 3.8) is 0 Å². The Hall–Kier alpha value is -3.13. The highest BCUT2D eigenvalue weighted by atomic mass is 32.2. The quantitative estimate of drug-likeness (QED) is 0.657. The number of nitrogens with one attached hydrogen (secondary N) is 1. The zero-order valence-corrected chi connectivity index (χ0v) is 18.5. The monoisotopic (exact) mass is 438 g/mol. The second-order valence-corrected chi connectivity index (χ2v) is 9.64. The van der Waals surface area contributed by atoms with Crippen molar-refractivity contribution < 1.29 is 13.2 Å². The molecule has 162 valence electrons. The van der Waals surface area contributed by atoms with Crippen molar-refractivity contribution in [3.8, 4) is 0 Å². The molecule has 1 aliphatic heterocycles. The largest absolute Gasteiger partial charge is 0.338 e. The van der Waals surface area contributed by atoms with E-state index in [1.165, 1.54) is 0 Å². The maximum atomic E-state index is 12.8. The van der Waals surface area contributed by atoms with E-state index in [2.05, 4.69) is 14.3 Å². The molecule has 0 atom stereocenters. The molecule has 1 amide bonds. The van der Waals surface area contributed by atoms with Gasteiger partial charge in [-0.05, 0) is 74.2 Å². The highest BCUT2D eigenvalue weighted by molar-refractivity contribution is 7.92. The van der Waals surface area contributed by atoms with E-state index in [1.54, 1.807) is 48.7 Å². The summed E-state index contributed by atoms with van der Waals surface area (Å²) in [4.78, 5) is 19.0. The molecule has 0 spiro atoms. The van der Waals surface area contributed by atoms with Gasteiger partial charge in [0.05, 0.1) is 11.2 Å². The smallest absolute Gasteiger partial charge is 0.261 e. The van der Waals surface area contributed by atoms with Crippen molar-refractivity contribution >= 4 is 21.6 Å². The Balaban J connectivity index is 1.40. The summed E-state index contributed by atoms with van der Waals surface area (Å²) < 4.78 is 30.0. The molecule has 0 saturated carbocycles. The van der Waals surface area contributed by atoms with Gasteiger partial charge in [0.1, 0.15) is 0 Å². The van der Waals surface area contributed by atoms with Crippen LogP contribution in [0.1, 0.15) is 40.4 Å². The fraction of sp³-hybridized carbons (Fsp3) is 0.304. The fourth-order valence-electron chi connectivity index (χ4n) is 3.81. The van der Waals surface area contributed by atoms with Crippen LogP contribution in [0.2, 0.25) is 0 Å². The number of amides is 1. The Labute approximate surface area is 182 Å². The second kappa shape index (κ2) is 8.55. The van der Waals surface area contributed by atoms with E-state index >= 15 is 0 Å². The number of hydrogen-bond donors (Lipinski definition) is 1. The molecule has 1 fully saturated rings. The molecule has 2 heterocycles. The summed E-state index contributed by atoms with van der Waals surface area (Å²) in [5.74, 6) is -0.0346. The summed E-state index contributed by atoms with van der Waals surface area (Å²) in [6, 6.07) is 12.0. The lowest BCUT2D eigenvalue weighted by Gasteiger charge is -2.32. The Morgan fingerprint density at radius 1 is 1.03 bits per heavy atom. The molecule has 0 bridgehead atoms. The zero-order chi connectivity index (χ0) is 22.0. The molecule has 0 radical (unpaired) electrons. The maximum absolute atomic E-state index is 12.8. The molecule has 8 heteroatoms. The molecule has 4 rings (SSSR count). The number of sulfonamides is 1. The average Bonchev–Trinajstić information content (AvgIpc) is 3.30. The third kappa shape index (κ3) is 4.64. The van der Waals surface area contributed by atoms with Gasteiger partial charge in [0, 0.05) is 42.8 Å². The lowest BCUT2D eigenvalue weighted by molar-refractivity contribution is 0.0694. The highest BCUT2D eigenvalue weighted by Gasteiger charge is 2.24. The van der Waals surface area contributed by atoms with Crippen molar-refractivity contribution in [2.75, 3.05) is 17.8 Å². The minimum absolute atomic E-state index is 0.0346. The number of rotatable bonds is 5. The summed E-state index contributed by atoms with van der Waals surface area (Å²) >= 11 is 0. The number of nitrogens with zero attached hydrogens (tertiary/aromatic N) is 3.